The smallest absolute Gasteiger partial charge is 0.206 e. The Morgan fingerprint density at radius 3 is 2.64 bits per heavy atom. The van der Waals surface area contributed by atoms with E-state index in [2.05, 4.69) is 0 Å². The van der Waals surface area contributed by atoms with Crippen LogP contribution < -0.4 is 0 Å². The van der Waals surface area contributed by atoms with Gasteiger partial charge >= 0.3 is 5.76 Å². The summed E-state index contributed by atoms with van der Waals surface area (Å²) in [7, 11) is -4.37. The lowest BCUT2D eigenvalue weighted by Crippen LogP contribution is -2.33. The molecule has 7 heteroatoms. The molecule has 0 N–H and O–H groups in total. The Balaban J connectivity index is 2.58. The highest BCUT2D eigenvalue weighted by atomic mass is 35.5. The zero-order valence-electron chi connectivity index (χ0n) is 7.50. The van der Waals surface area contributed by atoms with Crippen LogP contribution in [-0.2, 0) is 10.0 Å². The molecule has 1 aliphatic rings. The minimum absolute atomic E-state index is 0.126. The second-order valence-corrected chi connectivity index (χ2v) is 5.58. The van der Waals surface area contributed by atoms with Crippen LogP contribution in [-0.4, -0.2) is 37.5 Å². The van der Waals surface area contributed by atoms with Crippen LogP contribution in [0.2, 0.25) is 0 Å². The fourth-order valence-corrected chi connectivity index (χ4v) is 2.84. The summed E-state index contributed by atoms with van der Waals surface area (Å²) in [6.07, 6.45) is 1.30. The Kier molecular flexibility index (Phi) is 4.09. The monoisotopic (exact) mass is 247 g/mol. The molecule has 84 valence electrons. The number of rotatable bonds is 4. The molecule has 0 radical (unpaired) electrons. The quantitative estimate of drug-likeness (QED) is 0.706. The van der Waals surface area contributed by atoms with E-state index in [1.54, 1.807) is 0 Å². The molecule has 1 rings (SSSR count). The Morgan fingerprint density at radius 1 is 1.50 bits per heavy atom. The highest BCUT2D eigenvalue weighted by Gasteiger charge is 2.36. The number of sulfonamides is 1. The van der Waals surface area contributed by atoms with Gasteiger partial charge in [0.05, 0.1) is 0 Å². The van der Waals surface area contributed by atoms with E-state index >= 15 is 0 Å². The highest BCUT2D eigenvalue weighted by Crippen LogP contribution is 2.25. The first-order valence-corrected chi connectivity index (χ1v) is 6.35. The van der Waals surface area contributed by atoms with Gasteiger partial charge in [-0.05, 0) is 18.8 Å². The van der Waals surface area contributed by atoms with Gasteiger partial charge in [0.15, 0.2) is 0 Å². The van der Waals surface area contributed by atoms with Gasteiger partial charge < -0.3 is 0 Å². The molecule has 1 saturated heterocycles. The molecule has 1 heterocycles. The molecule has 0 saturated carbocycles. The molecule has 0 aromatic heterocycles. The van der Waals surface area contributed by atoms with Crippen molar-refractivity contribution in [2.75, 3.05) is 19.0 Å². The van der Waals surface area contributed by atoms with Crippen LogP contribution in [0.5, 0.6) is 0 Å². The van der Waals surface area contributed by atoms with Crippen LogP contribution in [0.3, 0.4) is 0 Å². The normalized spacial score (nSPS) is 24.7. The van der Waals surface area contributed by atoms with Crippen molar-refractivity contribution >= 4 is 21.6 Å². The number of nitrogens with zero attached hydrogens (tertiary/aromatic N) is 1. The van der Waals surface area contributed by atoms with Crippen molar-refractivity contribution in [2.24, 2.45) is 5.92 Å². The van der Waals surface area contributed by atoms with Crippen LogP contribution in [0.1, 0.15) is 12.8 Å². The third-order valence-electron chi connectivity index (χ3n) is 2.35. The molecular weight excluding hydrogens is 236 g/mol. The van der Waals surface area contributed by atoms with E-state index in [-0.39, 0.29) is 19.0 Å². The molecule has 1 atom stereocenters. The minimum Gasteiger partial charge on any atom is -0.206 e. The maximum absolute atomic E-state index is 12.1. The molecule has 14 heavy (non-hydrogen) atoms. The molecule has 0 aromatic carbocycles. The van der Waals surface area contributed by atoms with Crippen molar-refractivity contribution in [1.82, 2.24) is 4.31 Å². The number of hydrogen-bond acceptors (Lipinski definition) is 2. The Morgan fingerprint density at radius 2 is 2.14 bits per heavy atom. The first-order valence-electron chi connectivity index (χ1n) is 4.31. The molecule has 0 spiro atoms. The first kappa shape index (κ1) is 12.1. The van der Waals surface area contributed by atoms with E-state index in [0.29, 0.717) is 18.7 Å². The van der Waals surface area contributed by atoms with Gasteiger partial charge in [0.25, 0.3) is 10.0 Å². The van der Waals surface area contributed by atoms with Gasteiger partial charge in [0.2, 0.25) is 0 Å². The summed E-state index contributed by atoms with van der Waals surface area (Å²) in [5, 5.41) is 0. The van der Waals surface area contributed by atoms with Gasteiger partial charge in [0, 0.05) is 19.0 Å². The molecule has 3 nitrogen and oxygen atoms in total. The highest BCUT2D eigenvalue weighted by molar-refractivity contribution is 7.89. The standard InChI is InChI=1S/C7H12ClF2NO2S/c8-3-1-6-2-4-11(5-6)14(12,13)7(9)10/h6-7H,1-5H2. The topological polar surface area (TPSA) is 37.4 Å². The van der Waals surface area contributed by atoms with Crippen molar-refractivity contribution in [3.05, 3.63) is 0 Å². The molecule has 0 aliphatic carbocycles. The third kappa shape index (κ3) is 2.55. The van der Waals surface area contributed by atoms with Gasteiger partial charge in [0.1, 0.15) is 0 Å². The summed E-state index contributed by atoms with van der Waals surface area (Å²) in [6.45, 7) is 0.369. The largest absolute Gasteiger partial charge is 0.350 e. The Labute approximate surface area is 87.1 Å². The summed E-state index contributed by atoms with van der Waals surface area (Å²) < 4.78 is 47.2. The molecule has 0 bridgehead atoms. The van der Waals surface area contributed by atoms with Crippen LogP contribution in [0.4, 0.5) is 8.78 Å². The van der Waals surface area contributed by atoms with E-state index in [4.69, 9.17) is 11.6 Å². The van der Waals surface area contributed by atoms with E-state index in [0.717, 1.165) is 4.31 Å². The summed E-state index contributed by atoms with van der Waals surface area (Å²) in [4.78, 5) is 0. The molecular formula is C7H12ClF2NO2S. The third-order valence-corrected chi connectivity index (χ3v) is 4.07. The van der Waals surface area contributed by atoms with Crippen LogP contribution in [0.15, 0.2) is 0 Å². The maximum atomic E-state index is 12.1. The molecule has 1 fully saturated rings. The van der Waals surface area contributed by atoms with Gasteiger partial charge in [-0.3, -0.25) is 0 Å². The predicted octanol–water partition coefficient (Wildman–Crippen LogP) is 1.49. The predicted molar refractivity (Wildman–Crippen MR) is 49.9 cm³/mol. The first-order chi connectivity index (χ1) is 6.48. The maximum Gasteiger partial charge on any atom is 0.350 e. The lowest BCUT2D eigenvalue weighted by Gasteiger charge is -2.15. The minimum atomic E-state index is -4.37. The lowest BCUT2D eigenvalue weighted by atomic mass is 10.1. The average molecular weight is 248 g/mol. The lowest BCUT2D eigenvalue weighted by molar-refractivity contribution is 0.222. The second-order valence-electron chi connectivity index (χ2n) is 3.30. The molecule has 0 amide bonds. The van der Waals surface area contributed by atoms with E-state index < -0.39 is 15.8 Å². The molecule has 0 aromatic rings. The SMILES string of the molecule is O=S(=O)(C(F)F)N1CCC(CCCl)C1. The summed E-state index contributed by atoms with van der Waals surface area (Å²) in [5.74, 6) is -2.74. The average Bonchev–Trinajstić information content (AvgIpc) is 2.53. The Bertz CT molecular complexity index is 283. The van der Waals surface area contributed by atoms with E-state index in [1.807, 2.05) is 0 Å². The van der Waals surface area contributed by atoms with E-state index in [1.165, 1.54) is 0 Å². The van der Waals surface area contributed by atoms with Crippen molar-refractivity contribution in [3.63, 3.8) is 0 Å². The fraction of sp³-hybridized carbons (Fsp3) is 1.00. The van der Waals surface area contributed by atoms with Crippen molar-refractivity contribution in [1.29, 1.82) is 0 Å². The number of alkyl halides is 3. The zero-order valence-corrected chi connectivity index (χ0v) is 9.07. The van der Waals surface area contributed by atoms with Crippen LogP contribution in [0, 0.1) is 5.92 Å². The summed E-state index contributed by atoms with van der Waals surface area (Å²) in [5.41, 5.74) is 0. The zero-order chi connectivity index (χ0) is 10.8. The summed E-state index contributed by atoms with van der Waals surface area (Å²) in [6, 6.07) is 0. The number of hydrogen-bond donors (Lipinski definition) is 0. The van der Waals surface area contributed by atoms with Crippen LogP contribution >= 0.6 is 11.6 Å². The van der Waals surface area contributed by atoms with Crippen molar-refractivity contribution < 1.29 is 17.2 Å². The fourth-order valence-electron chi connectivity index (χ4n) is 1.53. The summed E-state index contributed by atoms with van der Waals surface area (Å²) >= 11 is 5.49. The Hall–Kier alpha value is 0.0600. The van der Waals surface area contributed by atoms with Crippen molar-refractivity contribution in [3.8, 4) is 0 Å². The molecule has 1 aliphatic heterocycles. The van der Waals surface area contributed by atoms with Crippen molar-refractivity contribution in [2.45, 2.75) is 18.6 Å². The van der Waals surface area contributed by atoms with Gasteiger partial charge in [-0.2, -0.15) is 13.1 Å². The molecule has 1 unspecified atom stereocenters. The van der Waals surface area contributed by atoms with Gasteiger partial charge in [-0.25, -0.2) is 8.42 Å². The van der Waals surface area contributed by atoms with Crippen LogP contribution in [0.25, 0.3) is 0 Å². The van der Waals surface area contributed by atoms with Gasteiger partial charge in [-0.1, -0.05) is 0 Å². The van der Waals surface area contributed by atoms with Gasteiger partial charge in [-0.15, -0.1) is 11.6 Å². The van der Waals surface area contributed by atoms with E-state index in [9.17, 15) is 17.2 Å². The number of halogens is 3. The second kappa shape index (κ2) is 4.72.